The van der Waals surface area contributed by atoms with Crippen molar-refractivity contribution in [3.8, 4) is 11.8 Å². The Morgan fingerprint density at radius 3 is 2.71 bits per heavy atom. The van der Waals surface area contributed by atoms with E-state index in [4.69, 9.17) is 9.84 Å². The zero-order valence-electron chi connectivity index (χ0n) is 14.3. The lowest BCUT2D eigenvalue weighted by Gasteiger charge is -2.14. The van der Waals surface area contributed by atoms with Crippen molar-refractivity contribution in [3.63, 3.8) is 0 Å². The van der Waals surface area contributed by atoms with Crippen molar-refractivity contribution in [1.82, 2.24) is 4.90 Å². The highest BCUT2D eigenvalue weighted by Crippen LogP contribution is 2.29. The Morgan fingerprint density at radius 2 is 2.17 bits per heavy atom. The number of carbonyl (C=O) groups excluding carboxylic acids is 1. The molecule has 1 aromatic heterocycles. The number of anilines is 1. The number of hydrogen-bond acceptors (Lipinski definition) is 5. The minimum atomic E-state index is -0.922. The molecule has 1 aromatic rings. The van der Waals surface area contributed by atoms with Crippen LogP contribution in [0.15, 0.2) is 6.07 Å². The summed E-state index contributed by atoms with van der Waals surface area (Å²) in [6, 6.07) is 1.81. The number of amides is 1. The van der Waals surface area contributed by atoms with Crippen molar-refractivity contribution in [3.05, 3.63) is 15.8 Å². The largest absolute Gasteiger partial charge is 0.465 e. The monoisotopic (exact) mass is 350 g/mol. The van der Waals surface area contributed by atoms with E-state index in [2.05, 4.69) is 17.2 Å². The molecule has 6 nitrogen and oxygen atoms in total. The fraction of sp³-hybridized carbons (Fsp3) is 0.529. The molecule has 1 aliphatic heterocycles. The third-order valence-electron chi connectivity index (χ3n) is 3.48. The van der Waals surface area contributed by atoms with Crippen LogP contribution < -0.4 is 5.32 Å². The number of carboxylic acid groups (broad SMARTS) is 1. The Balaban J connectivity index is 2.21. The van der Waals surface area contributed by atoms with E-state index in [1.165, 1.54) is 23.3 Å². The van der Waals surface area contributed by atoms with E-state index in [9.17, 15) is 9.59 Å². The van der Waals surface area contributed by atoms with Gasteiger partial charge >= 0.3 is 12.1 Å². The van der Waals surface area contributed by atoms with Crippen LogP contribution >= 0.6 is 11.3 Å². The van der Waals surface area contributed by atoms with Crippen LogP contribution in [0.2, 0.25) is 0 Å². The molecule has 2 rings (SSSR count). The molecule has 0 radical (unpaired) electrons. The second kappa shape index (κ2) is 7.14. The first-order valence-corrected chi connectivity index (χ1v) is 8.51. The van der Waals surface area contributed by atoms with Crippen LogP contribution in [0.25, 0.3) is 0 Å². The van der Waals surface area contributed by atoms with Gasteiger partial charge in [-0.25, -0.2) is 9.59 Å². The molecule has 2 heterocycles. The fourth-order valence-corrected chi connectivity index (χ4v) is 3.22. The highest BCUT2D eigenvalue weighted by Gasteiger charge is 2.27. The van der Waals surface area contributed by atoms with E-state index in [1.807, 2.05) is 26.8 Å². The van der Waals surface area contributed by atoms with Gasteiger partial charge in [0.05, 0.1) is 17.7 Å². The summed E-state index contributed by atoms with van der Waals surface area (Å²) in [5.41, 5.74) is 0.526. The Hall–Kier alpha value is -2.20. The topological polar surface area (TPSA) is 78.9 Å². The number of methoxy groups -OCH3 is 1. The van der Waals surface area contributed by atoms with Gasteiger partial charge in [0.15, 0.2) is 0 Å². The van der Waals surface area contributed by atoms with E-state index < -0.39 is 12.1 Å². The quantitative estimate of drug-likeness (QED) is 0.647. The van der Waals surface area contributed by atoms with Crippen molar-refractivity contribution in [2.45, 2.75) is 33.2 Å². The summed E-state index contributed by atoms with van der Waals surface area (Å²) in [6.07, 6.45) is -0.222. The first-order chi connectivity index (χ1) is 11.2. The number of rotatable bonds is 3. The predicted octanol–water partition coefficient (Wildman–Crippen LogP) is 3.10. The molecule has 0 saturated carbocycles. The van der Waals surface area contributed by atoms with Gasteiger partial charge in [0, 0.05) is 24.5 Å². The highest BCUT2D eigenvalue weighted by molar-refractivity contribution is 7.15. The first-order valence-electron chi connectivity index (χ1n) is 7.69. The van der Waals surface area contributed by atoms with Gasteiger partial charge < -0.3 is 20.1 Å². The summed E-state index contributed by atoms with van der Waals surface area (Å²) >= 11 is 1.28. The van der Waals surface area contributed by atoms with E-state index >= 15 is 0 Å². The molecule has 130 valence electrons. The van der Waals surface area contributed by atoms with Crippen molar-refractivity contribution in [1.29, 1.82) is 0 Å². The molecule has 1 amide bonds. The summed E-state index contributed by atoms with van der Waals surface area (Å²) in [6.45, 7) is 6.95. The highest BCUT2D eigenvalue weighted by atomic mass is 32.1. The molecule has 2 N–H and O–H groups in total. The van der Waals surface area contributed by atoms with E-state index in [-0.39, 0.29) is 11.5 Å². The minimum absolute atomic E-state index is 0.0254. The SMILES string of the molecule is COC(=O)c1sc(C#CC(C)(C)C)cc1NC1CCN(C(=O)O)C1. The number of thiophene rings is 1. The summed E-state index contributed by atoms with van der Waals surface area (Å²) in [5, 5.41) is 12.3. The van der Waals surface area contributed by atoms with E-state index in [0.29, 0.717) is 30.1 Å². The molecule has 1 unspecified atom stereocenters. The maximum atomic E-state index is 12.0. The number of hydrogen-bond donors (Lipinski definition) is 2. The first kappa shape index (κ1) is 18.1. The molecule has 24 heavy (non-hydrogen) atoms. The Kier molecular flexibility index (Phi) is 5.40. The average Bonchev–Trinajstić information content (AvgIpc) is 3.11. The van der Waals surface area contributed by atoms with Crippen LogP contribution in [0.4, 0.5) is 10.5 Å². The normalized spacial score (nSPS) is 17.2. The lowest BCUT2D eigenvalue weighted by atomic mass is 9.98. The molecular formula is C17H22N2O4S. The number of ether oxygens (including phenoxy) is 1. The third kappa shape index (κ3) is 4.65. The molecule has 7 heteroatoms. The second-order valence-electron chi connectivity index (χ2n) is 6.70. The summed E-state index contributed by atoms with van der Waals surface area (Å²) in [4.78, 5) is 25.6. The third-order valence-corrected chi connectivity index (χ3v) is 4.51. The number of likely N-dealkylation sites (tertiary alicyclic amines) is 1. The summed E-state index contributed by atoms with van der Waals surface area (Å²) in [7, 11) is 1.34. The smallest absolute Gasteiger partial charge is 0.407 e. The van der Waals surface area contributed by atoms with Gasteiger partial charge in [-0.1, -0.05) is 11.8 Å². The standard InChI is InChI=1S/C17H22N2O4S/c1-17(2,3)7-5-12-9-13(14(24-12)15(20)23-4)18-11-6-8-19(10-11)16(21)22/h9,11,18H,6,8,10H2,1-4H3,(H,21,22). The van der Waals surface area contributed by atoms with Gasteiger partial charge in [-0.05, 0) is 33.3 Å². The summed E-state index contributed by atoms with van der Waals surface area (Å²) in [5.74, 6) is 5.82. The van der Waals surface area contributed by atoms with Gasteiger partial charge in [0.25, 0.3) is 0 Å². The number of nitrogens with zero attached hydrogens (tertiary/aromatic N) is 1. The van der Waals surface area contributed by atoms with Crippen molar-refractivity contribution in [2.24, 2.45) is 5.41 Å². The number of esters is 1. The molecule has 0 aliphatic carbocycles. The maximum Gasteiger partial charge on any atom is 0.407 e. The Labute approximate surface area is 145 Å². The van der Waals surface area contributed by atoms with Crippen LogP contribution in [0.5, 0.6) is 0 Å². The van der Waals surface area contributed by atoms with Gasteiger partial charge in [-0.15, -0.1) is 11.3 Å². The van der Waals surface area contributed by atoms with E-state index in [1.54, 1.807) is 0 Å². The maximum absolute atomic E-state index is 12.0. The molecule has 0 spiro atoms. The lowest BCUT2D eigenvalue weighted by molar-refractivity contribution is 0.0607. The van der Waals surface area contributed by atoms with Gasteiger partial charge in [0.2, 0.25) is 0 Å². The zero-order chi connectivity index (χ0) is 17.9. The Bertz CT molecular complexity index is 694. The second-order valence-corrected chi connectivity index (χ2v) is 7.76. The molecule has 1 aliphatic rings. The van der Waals surface area contributed by atoms with Crippen molar-refractivity contribution in [2.75, 3.05) is 25.5 Å². The zero-order valence-corrected chi connectivity index (χ0v) is 15.1. The lowest BCUT2D eigenvalue weighted by Crippen LogP contribution is -2.30. The predicted molar refractivity (Wildman–Crippen MR) is 93.6 cm³/mol. The molecule has 0 bridgehead atoms. The molecule has 1 atom stereocenters. The van der Waals surface area contributed by atoms with E-state index in [0.717, 1.165) is 4.88 Å². The fourth-order valence-electron chi connectivity index (χ4n) is 2.33. The van der Waals surface area contributed by atoms with Gasteiger partial charge in [0.1, 0.15) is 4.88 Å². The van der Waals surface area contributed by atoms with Crippen molar-refractivity contribution < 1.29 is 19.4 Å². The van der Waals surface area contributed by atoms with Crippen LogP contribution in [0, 0.1) is 17.3 Å². The molecular weight excluding hydrogens is 328 g/mol. The average molecular weight is 350 g/mol. The molecule has 1 saturated heterocycles. The molecule has 1 fully saturated rings. The van der Waals surface area contributed by atoms with Crippen LogP contribution in [0.1, 0.15) is 41.7 Å². The number of nitrogens with one attached hydrogen (secondary N) is 1. The molecule has 0 aromatic carbocycles. The van der Waals surface area contributed by atoms with Gasteiger partial charge in [-0.3, -0.25) is 0 Å². The number of carbonyl (C=O) groups is 2. The van der Waals surface area contributed by atoms with Crippen LogP contribution in [-0.4, -0.2) is 48.3 Å². The Morgan fingerprint density at radius 1 is 1.46 bits per heavy atom. The van der Waals surface area contributed by atoms with Crippen molar-refractivity contribution >= 4 is 29.1 Å². The van der Waals surface area contributed by atoms with Crippen LogP contribution in [-0.2, 0) is 4.74 Å². The minimum Gasteiger partial charge on any atom is -0.465 e. The van der Waals surface area contributed by atoms with Crippen LogP contribution in [0.3, 0.4) is 0 Å². The summed E-state index contributed by atoms with van der Waals surface area (Å²) < 4.78 is 4.84. The van der Waals surface area contributed by atoms with Gasteiger partial charge in [-0.2, -0.15) is 0 Å².